The van der Waals surface area contributed by atoms with E-state index in [1.165, 1.54) is 20.8 Å². The molecule has 17 heteroatoms. The Labute approximate surface area is 278 Å². The van der Waals surface area contributed by atoms with Gasteiger partial charge in [0, 0.05) is 12.8 Å². The lowest BCUT2D eigenvalue weighted by Crippen LogP contribution is -2.62. The summed E-state index contributed by atoms with van der Waals surface area (Å²) in [4.78, 5) is 99.1. The number of rotatable bonds is 20. The van der Waals surface area contributed by atoms with Gasteiger partial charge in [-0.2, -0.15) is 0 Å². The van der Waals surface area contributed by atoms with Crippen molar-refractivity contribution in [1.29, 1.82) is 0 Å². The Morgan fingerprint density at radius 2 is 1.33 bits per heavy atom. The van der Waals surface area contributed by atoms with Gasteiger partial charge in [-0.25, -0.2) is 4.79 Å². The average molecular weight is 678 g/mol. The summed E-state index contributed by atoms with van der Waals surface area (Å²) < 4.78 is 0. The first-order valence-corrected chi connectivity index (χ1v) is 15.3. The number of nitrogens with two attached hydrogens (primary N) is 2. The number of carbonyl (C=O) groups is 8. The smallest absolute Gasteiger partial charge is 0.326 e. The third-order valence-corrected chi connectivity index (χ3v) is 7.03. The monoisotopic (exact) mass is 677 g/mol. The Morgan fingerprint density at radius 1 is 0.771 bits per heavy atom. The van der Waals surface area contributed by atoms with Gasteiger partial charge in [0.05, 0.1) is 12.5 Å². The molecular formula is C31H47N7O10. The highest BCUT2D eigenvalue weighted by Gasteiger charge is 2.36. The van der Waals surface area contributed by atoms with Gasteiger partial charge >= 0.3 is 11.9 Å². The predicted molar refractivity (Wildman–Crippen MR) is 172 cm³/mol. The predicted octanol–water partition coefficient (Wildman–Crippen LogP) is -1.72. The van der Waals surface area contributed by atoms with Gasteiger partial charge in [-0.05, 0) is 45.1 Å². The fourth-order valence-corrected chi connectivity index (χ4v) is 4.33. The number of carbonyl (C=O) groups excluding carboxylic acids is 6. The minimum absolute atomic E-state index is 0.0170. The van der Waals surface area contributed by atoms with Crippen molar-refractivity contribution in [3.63, 3.8) is 0 Å². The normalized spacial score (nSPS) is 14.3. The Morgan fingerprint density at radius 3 is 1.85 bits per heavy atom. The zero-order valence-electron chi connectivity index (χ0n) is 27.7. The van der Waals surface area contributed by atoms with Crippen molar-refractivity contribution in [2.24, 2.45) is 17.4 Å². The van der Waals surface area contributed by atoms with E-state index >= 15 is 0 Å². The molecule has 0 fully saturated rings. The van der Waals surface area contributed by atoms with Gasteiger partial charge in [-0.15, -0.1) is 0 Å². The molecule has 0 bridgehead atoms. The van der Waals surface area contributed by atoms with Crippen molar-refractivity contribution >= 4 is 47.4 Å². The molecule has 1 aromatic carbocycles. The summed E-state index contributed by atoms with van der Waals surface area (Å²) in [6.07, 6.45) is -1.17. The van der Waals surface area contributed by atoms with Crippen molar-refractivity contribution in [2.45, 2.75) is 102 Å². The standard InChI is InChI=1S/C31H47N7O10/c1-16(2)13-22(29(46)47)37-27(44)21(14-18-9-7-6-8-10-18)36-25(42)17(3)34-30(48)31(4,5)38-28(45)20(11-12-23(33)39)35-26(43)19(32)15-24(40)41/h6-10,16-17,19-22H,11-15,32H2,1-5H3,(H2,33,39)(H,34,48)(H,35,43)(H,36,42)(H,37,44)(H,38,45)(H,40,41)(H,46,47)/t17-,19-,20-,21-,22-/m0/s1. The quantitative estimate of drug-likeness (QED) is 0.0748. The van der Waals surface area contributed by atoms with E-state index in [0.29, 0.717) is 5.56 Å². The second-order valence-corrected chi connectivity index (χ2v) is 12.4. The Hall–Kier alpha value is -5.06. The molecule has 0 aliphatic carbocycles. The van der Waals surface area contributed by atoms with E-state index in [0.717, 1.165) is 0 Å². The summed E-state index contributed by atoms with van der Waals surface area (Å²) in [7, 11) is 0. The first-order chi connectivity index (χ1) is 22.2. The van der Waals surface area contributed by atoms with Gasteiger partial charge in [-0.3, -0.25) is 33.6 Å². The highest BCUT2D eigenvalue weighted by atomic mass is 16.4. The highest BCUT2D eigenvalue weighted by Crippen LogP contribution is 2.10. The van der Waals surface area contributed by atoms with E-state index < -0.39 is 89.6 Å². The molecule has 0 spiro atoms. The van der Waals surface area contributed by atoms with Crippen molar-refractivity contribution in [1.82, 2.24) is 26.6 Å². The van der Waals surface area contributed by atoms with Crippen molar-refractivity contribution in [2.75, 3.05) is 0 Å². The summed E-state index contributed by atoms with van der Waals surface area (Å²) in [5.41, 5.74) is 9.71. The molecule has 0 saturated carbocycles. The van der Waals surface area contributed by atoms with Crippen LogP contribution in [0, 0.1) is 5.92 Å². The van der Waals surface area contributed by atoms with Gasteiger partial charge in [-0.1, -0.05) is 44.2 Å². The first-order valence-electron chi connectivity index (χ1n) is 15.3. The summed E-state index contributed by atoms with van der Waals surface area (Å²) in [6, 6.07) is 2.12. The molecule has 0 aliphatic heterocycles. The van der Waals surface area contributed by atoms with Crippen LogP contribution < -0.4 is 38.1 Å². The second kappa shape index (κ2) is 18.9. The Kier molecular flexibility index (Phi) is 16.2. The third-order valence-electron chi connectivity index (χ3n) is 7.03. The molecule has 6 amide bonds. The number of primary amides is 1. The van der Waals surface area contributed by atoms with E-state index in [1.807, 2.05) is 0 Å². The Bertz CT molecular complexity index is 1340. The topological polar surface area (TPSA) is 289 Å². The minimum atomic E-state index is -1.70. The number of carboxylic acids is 2. The number of amides is 6. The van der Waals surface area contributed by atoms with Gasteiger partial charge < -0.3 is 48.3 Å². The molecule has 266 valence electrons. The number of hydrogen-bond donors (Lipinski definition) is 9. The van der Waals surface area contributed by atoms with Gasteiger partial charge in [0.15, 0.2) is 0 Å². The van der Waals surface area contributed by atoms with Crippen LogP contribution in [0.15, 0.2) is 30.3 Å². The molecule has 0 aliphatic rings. The van der Waals surface area contributed by atoms with Crippen LogP contribution in [0.1, 0.15) is 65.9 Å². The number of benzene rings is 1. The molecule has 0 unspecified atom stereocenters. The summed E-state index contributed by atoms with van der Waals surface area (Å²) in [5.74, 6) is -7.67. The molecule has 17 nitrogen and oxygen atoms in total. The lowest BCUT2D eigenvalue weighted by molar-refractivity contribution is -0.143. The lowest BCUT2D eigenvalue weighted by atomic mass is 10.0. The maximum absolute atomic E-state index is 13.2. The van der Waals surface area contributed by atoms with Crippen LogP contribution in [0.25, 0.3) is 0 Å². The average Bonchev–Trinajstić information content (AvgIpc) is 2.97. The van der Waals surface area contributed by atoms with Gasteiger partial charge in [0.2, 0.25) is 35.4 Å². The zero-order chi connectivity index (χ0) is 36.8. The van der Waals surface area contributed by atoms with Gasteiger partial charge in [0.25, 0.3) is 0 Å². The van der Waals surface area contributed by atoms with Crippen LogP contribution in [-0.4, -0.2) is 93.3 Å². The van der Waals surface area contributed by atoms with Crippen LogP contribution >= 0.6 is 0 Å². The molecular weight excluding hydrogens is 630 g/mol. The van der Waals surface area contributed by atoms with Crippen LogP contribution in [0.5, 0.6) is 0 Å². The van der Waals surface area contributed by atoms with E-state index in [2.05, 4.69) is 26.6 Å². The van der Waals surface area contributed by atoms with Crippen LogP contribution in [0.4, 0.5) is 0 Å². The summed E-state index contributed by atoms with van der Waals surface area (Å²) >= 11 is 0. The summed E-state index contributed by atoms with van der Waals surface area (Å²) in [5, 5.41) is 30.6. The van der Waals surface area contributed by atoms with Crippen LogP contribution in [0.2, 0.25) is 0 Å². The molecule has 0 aromatic heterocycles. The third kappa shape index (κ3) is 14.6. The number of aliphatic carboxylic acids is 2. The molecule has 1 rings (SSSR count). The first kappa shape index (κ1) is 41.0. The van der Waals surface area contributed by atoms with E-state index in [9.17, 15) is 43.5 Å². The highest BCUT2D eigenvalue weighted by molar-refractivity contribution is 5.98. The van der Waals surface area contributed by atoms with Gasteiger partial charge in [0.1, 0.15) is 29.7 Å². The van der Waals surface area contributed by atoms with Crippen LogP contribution in [0.3, 0.4) is 0 Å². The van der Waals surface area contributed by atoms with Crippen molar-refractivity contribution < 1.29 is 48.6 Å². The molecule has 0 heterocycles. The molecule has 11 N–H and O–H groups in total. The summed E-state index contributed by atoms with van der Waals surface area (Å²) in [6.45, 7) is 7.55. The fourth-order valence-electron chi connectivity index (χ4n) is 4.33. The molecule has 5 atom stereocenters. The zero-order valence-corrected chi connectivity index (χ0v) is 27.7. The number of hydrogen-bond acceptors (Lipinski definition) is 9. The number of nitrogens with one attached hydrogen (secondary N) is 5. The molecule has 1 aromatic rings. The maximum Gasteiger partial charge on any atom is 0.326 e. The minimum Gasteiger partial charge on any atom is -0.481 e. The van der Waals surface area contributed by atoms with Crippen molar-refractivity contribution in [3.05, 3.63) is 35.9 Å². The van der Waals surface area contributed by atoms with E-state index in [-0.39, 0.29) is 31.6 Å². The second-order valence-electron chi connectivity index (χ2n) is 12.4. The van der Waals surface area contributed by atoms with Crippen LogP contribution in [-0.2, 0) is 44.8 Å². The largest absolute Gasteiger partial charge is 0.481 e. The fraction of sp³-hybridized carbons (Fsp3) is 0.548. The number of carboxylic acid groups (broad SMARTS) is 2. The molecule has 48 heavy (non-hydrogen) atoms. The molecule has 0 saturated heterocycles. The SMILES string of the molecule is CC(C)C[C@H](NC(=O)[C@H](Cc1ccccc1)NC(=O)[C@H](C)NC(=O)C(C)(C)NC(=O)[C@H](CCC(N)=O)NC(=O)[C@@H](N)CC(=O)O)C(=O)O. The van der Waals surface area contributed by atoms with E-state index in [1.54, 1.807) is 44.2 Å². The van der Waals surface area contributed by atoms with Crippen molar-refractivity contribution in [3.8, 4) is 0 Å². The maximum atomic E-state index is 13.2. The Balaban J connectivity index is 3.05. The molecule has 0 radical (unpaired) electrons. The lowest BCUT2D eigenvalue weighted by Gasteiger charge is -2.30. The van der Waals surface area contributed by atoms with E-state index in [4.69, 9.17) is 16.6 Å².